The van der Waals surface area contributed by atoms with Crippen molar-refractivity contribution >= 4 is 37.5 Å². The maximum atomic E-state index is 13.1. The molecule has 0 saturated carbocycles. The van der Waals surface area contributed by atoms with Gasteiger partial charge in [0.25, 0.3) is 5.69 Å². The van der Waals surface area contributed by atoms with Crippen LogP contribution in [0.15, 0.2) is 45.3 Å². The molecule has 2 aromatic rings. The quantitative estimate of drug-likeness (QED) is 0.541. The Morgan fingerprint density at radius 2 is 2.00 bits per heavy atom. The highest BCUT2D eigenvalue weighted by Gasteiger charge is 2.15. The third-order valence-electron chi connectivity index (χ3n) is 2.52. The Labute approximate surface area is 131 Å². The highest BCUT2D eigenvalue weighted by atomic mass is 79.9. The van der Waals surface area contributed by atoms with Crippen molar-refractivity contribution in [1.82, 2.24) is 0 Å². The fourth-order valence-corrected chi connectivity index (χ4v) is 2.49. The fourth-order valence-electron chi connectivity index (χ4n) is 1.54. The number of nitrogens with zero attached hydrogens (tertiary/aromatic N) is 1. The first kappa shape index (κ1) is 14.9. The molecule has 2 rings (SSSR count). The molecule has 0 fully saturated rings. The molecule has 0 unspecified atom stereocenters. The predicted octanol–water partition coefficient (Wildman–Crippen LogP) is 4.84. The number of nitro benzene ring substituents is 1. The molecule has 0 spiro atoms. The Kier molecular flexibility index (Phi) is 4.72. The smallest absolute Gasteiger partial charge is 0.287 e. The van der Waals surface area contributed by atoms with Gasteiger partial charge in [-0.2, -0.15) is 0 Å². The molecular weight excluding hydrogens is 397 g/mol. The Bertz CT molecular complexity index is 664. The van der Waals surface area contributed by atoms with E-state index in [1.807, 2.05) is 0 Å². The lowest BCUT2D eigenvalue weighted by Crippen LogP contribution is -1.98. The molecule has 0 heterocycles. The molecule has 0 bridgehead atoms. The van der Waals surface area contributed by atoms with Crippen LogP contribution in [0, 0.1) is 15.9 Å². The van der Waals surface area contributed by atoms with Gasteiger partial charge in [0.05, 0.1) is 9.40 Å². The van der Waals surface area contributed by atoms with Gasteiger partial charge in [-0.15, -0.1) is 0 Å². The number of benzene rings is 2. The van der Waals surface area contributed by atoms with Crippen LogP contribution >= 0.6 is 31.9 Å². The summed E-state index contributed by atoms with van der Waals surface area (Å²) in [6.45, 7) is 0.179. The first-order chi connectivity index (χ1) is 9.49. The molecule has 0 saturated heterocycles. The molecule has 0 aliphatic carbocycles. The van der Waals surface area contributed by atoms with E-state index < -0.39 is 4.92 Å². The van der Waals surface area contributed by atoms with Gasteiger partial charge in [-0.3, -0.25) is 10.1 Å². The molecule has 0 atom stereocenters. The van der Waals surface area contributed by atoms with Crippen LogP contribution in [-0.2, 0) is 6.61 Å². The van der Waals surface area contributed by atoms with E-state index in [1.54, 1.807) is 24.3 Å². The molecule has 0 radical (unpaired) electrons. The van der Waals surface area contributed by atoms with Crippen molar-refractivity contribution in [3.05, 3.63) is 66.8 Å². The average Bonchev–Trinajstić information content (AvgIpc) is 2.41. The van der Waals surface area contributed by atoms with Crippen LogP contribution < -0.4 is 4.74 Å². The summed E-state index contributed by atoms with van der Waals surface area (Å²) in [6, 6.07) is 9.05. The van der Waals surface area contributed by atoms with Gasteiger partial charge in [0.2, 0.25) is 0 Å². The summed E-state index contributed by atoms with van der Waals surface area (Å²) in [6.07, 6.45) is 0. The minimum atomic E-state index is -0.495. The maximum Gasteiger partial charge on any atom is 0.287 e. The second kappa shape index (κ2) is 6.32. The lowest BCUT2D eigenvalue weighted by molar-refractivity contribution is -0.385. The number of rotatable bonds is 4. The first-order valence-electron chi connectivity index (χ1n) is 5.48. The van der Waals surface area contributed by atoms with Crippen molar-refractivity contribution in [2.24, 2.45) is 0 Å². The number of hydrogen-bond acceptors (Lipinski definition) is 3. The summed E-state index contributed by atoms with van der Waals surface area (Å²) in [4.78, 5) is 10.3. The highest BCUT2D eigenvalue weighted by Crippen LogP contribution is 2.34. The van der Waals surface area contributed by atoms with E-state index in [2.05, 4.69) is 31.9 Å². The molecule has 0 aromatic heterocycles. The number of hydrogen-bond donors (Lipinski definition) is 0. The molecule has 0 aliphatic heterocycles. The van der Waals surface area contributed by atoms with Gasteiger partial charge in [-0.1, -0.05) is 12.1 Å². The first-order valence-corrected chi connectivity index (χ1v) is 7.07. The summed E-state index contributed by atoms with van der Waals surface area (Å²) < 4.78 is 19.2. The molecule has 0 amide bonds. The summed E-state index contributed by atoms with van der Waals surface area (Å²) in [5.41, 5.74) is 0.680. The highest BCUT2D eigenvalue weighted by molar-refractivity contribution is 9.11. The Balaban J connectivity index is 2.17. The Morgan fingerprint density at radius 1 is 1.25 bits per heavy atom. The van der Waals surface area contributed by atoms with Gasteiger partial charge in [0.15, 0.2) is 0 Å². The van der Waals surface area contributed by atoms with Crippen LogP contribution in [0.2, 0.25) is 0 Å². The minimum Gasteiger partial charge on any atom is -0.487 e. The van der Waals surface area contributed by atoms with E-state index in [0.717, 1.165) is 5.56 Å². The van der Waals surface area contributed by atoms with E-state index in [4.69, 9.17) is 4.74 Å². The zero-order valence-electron chi connectivity index (χ0n) is 9.98. The average molecular weight is 405 g/mol. The molecular formula is C13H8Br2FNO3. The third-order valence-corrected chi connectivity index (χ3v) is 3.92. The zero-order chi connectivity index (χ0) is 14.7. The van der Waals surface area contributed by atoms with E-state index in [1.165, 1.54) is 12.1 Å². The SMILES string of the molecule is O=[N+]([O-])c1cccc(OCc2ccc(F)c(Br)c2)c1Br. The van der Waals surface area contributed by atoms with E-state index in [0.29, 0.717) is 10.2 Å². The normalized spacial score (nSPS) is 10.3. The van der Waals surface area contributed by atoms with Crippen LogP contribution in [0.5, 0.6) is 5.75 Å². The maximum absolute atomic E-state index is 13.1. The summed E-state index contributed by atoms with van der Waals surface area (Å²) in [5.74, 6) is 0.00456. The predicted molar refractivity (Wildman–Crippen MR) is 79.2 cm³/mol. The number of nitro groups is 1. The van der Waals surface area contributed by atoms with Gasteiger partial charge < -0.3 is 4.74 Å². The van der Waals surface area contributed by atoms with Crippen molar-refractivity contribution in [1.29, 1.82) is 0 Å². The summed E-state index contributed by atoms with van der Waals surface area (Å²) >= 11 is 6.23. The zero-order valence-corrected chi connectivity index (χ0v) is 13.1. The lowest BCUT2D eigenvalue weighted by atomic mass is 10.2. The molecule has 0 N–H and O–H groups in total. The van der Waals surface area contributed by atoms with E-state index in [-0.39, 0.29) is 22.6 Å². The minimum absolute atomic E-state index is 0.0669. The fraction of sp³-hybridized carbons (Fsp3) is 0.0769. The number of ether oxygens (including phenoxy) is 1. The largest absolute Gasteiger partial charge is 0.487 e. The van der Waals surface area contributed by atoms with Gasteiger partial charge in [0, 0.05) is 6.07 Å². The van der Waals surface area contributed by atoms with Gasteiger partial charge in [0.1, 0.15) is 22.6 Å². The van der Waals surface area contributed by atoms with Gasteiger partial charge in [-0.05, 0) is 55.6 Å². The van der Waals surface area contributed by atoms with Crippen LogP contribution in [-0.4, -0.2) is 4.92 Å². The van der Waals surface area contributed by atoms with Gasteiger partial charge >= 0.3 is 0 Å². The Morgan fingerprint density at radius 3 is 2.65 bits per heavy atom. The second-order valence-electron chi connectivity index (χ2n) is 3.88. The standard InChI is InChI=1S/C13H8Br2FNO3/c14-9-6-8(4-5-10(9)16)7-20-12-3-1-2-11(13(12)15)17(18)19/h1-6H,7H2. The molecule has 104 valence electrons. The molecule has 2 aromatic carbocycles. The van der Waals surface area contributed by atoms with Crippen LogP contribution in [0.25, 0.3) is 0 Å². The van der Waals surface area contributed by atoms with Crippen molar-refractivity contribution in [2.45, 2.75) is 6.61 Å². The summed E-state index contributed by atoms with van der Waals surface area (Å²) in [5, 5.41) is 10.8. The van der Waals surface area contributed by atoms with Crippen molar-refractivity contribution in [3.63, 3.8) is 0 Å². The van der Waals surface area contributed by atoms with E-state index in [9.17, 15) is 14.5 Å². The molecule has 7 heteroatoms. The van der Waals surface area contributed by atoms with Crippen LogP contribution in [0.3, 0.4) is 0 Å². The van der Waals surface area contributed by atoms with Crippen molar-refractivity contribution in [3.8, 4) is 5.75 Å². The second-order valence-corrected chi connectivity index (χ2v) is 5.53. The molecule has 0 aliphatic rings. The van der Waals surface area contributed by atoms with Crippen LogP contribution in [0.4, 0.5) is 10.1 Å². The topological polar surface area (TPSA) is 52.4 Å². The summed E-state index contributed by atoms with van der Waals surface area (Å²) in [7, 11) is 0. The molecule has 4 nitrogen and oxygen atoms in total. The van der Waals surface area contributed by atoms with Crippen molar-refractivity contribution in [2.75, 3.05) is 0 Å². The van der Waals surface area contributed by atoms with E-state index >= 15 is 0 Å². The third kappa shape index (κ3) is 3.34. The van der Waals surface area contributed by atoms with Crippen molar-refractivity contribution < 1.29 is 14.1 Å². The van der Waals surface area contributed by atoms with Crippen LogP contribution in [0.1, 0.15) is 5.56 Å². The monoisotopic (exact) mass is 403 g/mol. The molecule has 20 heavy (non-hydrogen) atoms. The van der Waals surface area contributed by atoms with Gasteiger partial charge in [-0.25, -0.2) is 4.39 Å². The lowest BCUT2D eigenvalue weighted by Gasteiger charge is -2.08. The number of halogens is 3. The Hall–Kier alpha value is -1.47.